The maximum atomic E-state index is 5.56. The van der Waals surface area contributed by atoms with Crippen molar-refractivity contribution in [3.05, 3.63) is 48.2 Å². The van der Waals surface area contributed by atoms with Gasteiger partial charge in [0.2, 0.25) is 6.29 Å². The van der Waals surface area contributed by atoms with Gasteiger partial charge in [-0.1, -0.05) is 30.3 Å². The Morgan fingerprint density at radius 1 is 1.08 bits per heavy atom. The van der Waals surface area contributed by atoms with Crippen LogP contribution in [0.25, 0.3) is 0 Å². The fraction of sp³-hybridized carbons (Fsp3) is 0.273. The third-order valence-corrected chi connectivity index (χ3v) is 2.59. The summed E-state index contributed by atoms with van der Waals surface area (Å²) in [5.74, 6) is 0.419. The maximum absolute atomic E-state index is 5.56. The third kappa shape index (κ3) is 0.988. The van der Waals surface area contributed by atoms with Gasteiger partial charge in [-0.25, -0.2) is 0 Å². The second-order valence-corrected chi connectivity index (χ2v) is 3.38. The molecule has 2 aliphatic rings. The molecule has 3 unspecified atom stereocenters. The first-order valence-electron chi connectivity index (χ1n) is 4.48. The molecule has 0 bridgehead atoms. The number of ether oxygens (including phenoxy) is 2. The van der Waals surface area contributed by atoms with Crippen LogP contribution in [0.4, 0.5) is 0 Å². The lowest BCUT2D eigenvalue weighted by Crippen LogP contribution is -2.39. The lowest BCUT2D eigenvalue weighted by molar-refractivity contribution is -0.257. The van der Waals surface area contributed by atoms with Gasteiger partial charge in [-0.15, -0.1) is 0 Å². The Morgan fingerprint density at radius 3 is 2.69 bits per heavy atom. The standard InChI is InChI=1S/C11H10O2/c1-2-4-8(5-3-1)10-9-6-7-12-11(9)13-10/h1-7,9-11H. The van der Waals surface area contributed by atoms with Gasteiger partial charge in [0.15, 0.2) is 0 Å². The highest BCUT2D eigenvalue weighted by Crippen LogP contribution is 2.45. The van der Waals surface area contributed by atoms with Gasteiger partial charge in [0, 0.05) is 0 Å². The van der Waals surface area contributed by atoms with Crippen LogP contribution < -0.4 is 0 Å². The number of rotatable bonds is 1. The summed E-state index contributed by atoms with van der Waals surface area (Å²) in [6, 6.07) is 10.3. The Morgan fingerprint density at radius 2 is 1.92 bits per heavy atom. The van der Waals surface area contributed by atoms with E-state index in [0.717, 1.165) is 0 Å². The Balaban J connectivity index is 1.85. The van der Waals surface area contributed by atoms with Gasteiger partial charge in [0.1, 0.15) is 0 Å². The largest absolute Gasteiger partial charge is 0.472 e. The summed E-state index contributed by atoms with van der Waals surface area (Å²) < 4.78 is 10.8. The predicted molar refractivity (Wildman–Crippen MR) is 47.8 cm³/mol. The molecule has 1 fully saturated rings. The molecule has 0 saturated carbocycles. The number of fused-ring (bicyclic) bond motifs is 1. The second-order valence-electron chi connectivity index (χ2n) is 3.38. The molecular formula is C11H10O2. The molecule has 0 N–H and O–H groups in total. The minimum absolute atomic E-state index is 0.0230. The van der Waals surface area contributed by atoms with Crippen LogP contribution in [0.1, 0.15) is 11.7 Å². The van der Waals surface area contributed by atoms with Crippen molar-refractivity contribution in [2.45, 2.75) is 12.4 Å². The van der Waals surface area contributed by atoms with Crippen LogP contribution in [0.2, 0.25) is 0 Å². The molecular weight excluding hydrogens is 164 g/mol. The highest BCUT2D eigenvalue weighted by atomic mass is 16.7. The summed E-state index contributed by atoms with van der Waals surface area (Å²) in [4.78, 5) is 0. The van der Waals surface area contributed by atoms with Crippen LogP contribution >= 0.6 is 0 Å². The molecule has 2 aliphatic heterocycles. The summed E-state index contributed by atoms with van der Waals surface area (Å²) in [5, 5.41) is 0. The van der Waals surface area contributed by atoms with Crippen LogP contribution in [-0.4, -0.2) is 6.29 Å². The summed E-state index contributed by atoms with van der Waals surface area (Å²) in [6.45, 7) is 0. The molecule has 2 heterocycles. The van der Waals surface area contributed by atoms with E-state index in [0.29, 0.717) is 5.92 Å². The Hall–Kier alpha value is -1.28. The second kappa shape index (κ2) is 2.60. The molecule has 0 amide bonds. The fourth-order valence-electron chi connectivity index (χ4n) is 1.85. The summed E-state index contributed by atoms with van der Waals surface area (Å²) >= 11 is 0. The van der Waals surface area contributed by atoms with E-state index in [2.05, 4.69) is 18.2 Å². The van der Waals surface area contributed by atoms with E-state index < -0.39 is 0 Å². The van der Waals surface area contributed by atoms with Gasteiger partial charge >= 0.3 is 0 Å². The predicted octanol–water partition coefficient (Wildman–Crippen LogP) is 2.24. The van der Waals surface area contributed by atoms with Crippen LogP contribution in [0, 0.1) is 5.92 Å². The Kier molecular flexibility index (Phi) is 1.43. The average Bonchev–Trinajstić information content (AvgIpc) is 2.50. The molecule has 1 saturated heterocycles. The van der Waals surface area contributed by atoms with Gasteiger partial charge in [0.25, 0.3) is 0 Å². The molecule has 2 nitrogen and oxygen atoms in total. The molecule has 0 radical (unpaired) electrons. The minimum Gasteiger partial charge on any atom is -0.472 e. The zero-order valence-electron chi connectivity index (χ0n) is 7.09. The first-order valence-corrected chi connectivity index (χ1v) is 4.48. The summed E-state index contributed by atoms with van der Waals surface area (Å²) in [6.07, 6.45) is 3.99. The summed E-state index contributed by atoms with van der Waals surface area (Å²) in [5.41, 5.74) is 1.24. The molecule has 66 valence electrons. The number of benzene rings is 1. The van der Waals surface area contributed by atoms with Crippen molar-refractivity contribution in [1.29, 1.82) is 0 Å². The van der Waals surface area contributed by atoms with E-state index in [-0.39, 0.29) is 12.4 Å². The van der Waals surface area contributed by atoms with Crippen molar-refractivity contribution in [2.24, 2.45) is 5.92 Å². The highest BCUT2D eigenvalue weighted by molar-refractivity contribution is 5.23. The number of hydrogen-bond acceptors (Lipinski definition) is 2. The summed E-state index contributed by atoms with van der Waals surface area (Å²) in [7, 11) is 0. The normalized spacial score (nSPS) is 34.9. The molecule has 3 rings (SSSR count). The zero-order chi connectivity index (χ0) is 8.67. The molecule has 0 aromatic heterocycles. The van der Waals surface area contributed by atoms with E-state index in [9.17, 15) is 0 Å². The molecule has 1 aromatic rings. The number of hydrogen-bond donors (Lipinski definition) is 0. The van der Waals surface area contributed by atoms with Crippen molar-refractivity contribution in [2.75, 3.05) is 0 Å². The Labute approximate surface area is 76.8 Å². The van der Waals surface area contributed by atoms with Gasteiger partial charge in [-0.05, 0) is 11.6 Å². The maximum Gasteiger partial charge on any atom is 0.208 e. The van der Waals surface area contributed by atoms with E-state index in [1.54, 1.807) is 6.26 Å². The quantitative estimate of drug-likeness (QED) is 0.650. The minimum atomic E-state index is -0.0230. The van der Waals surface area contributed by atoms with Crippen molar-refractivity contribution in [3.8, 4) is 0 Å². The third-order valence-electron chi connectivity index (χ3n) is 2.59. The van der Waals surface area contributed by atoms with E-state index >= 15 is 0 Å². The lowest BCUT2D eigenvalue weighted by Gasteiger charge is -2.38. The van der Waals surface area contributed by atoms with Crippen molar-refractivity contribution < 1.29 is 9.47 Å². The lowest BCUT2D eigenvalue weighted by atomic mass is 9.91. The molecule has 3 atom stereocenters. The molecule has 1 aromatic carbocycles. The molecule has 0 spiro atoms. The first kappa shape index (κ1) is 7.15. The van der Waals surface area contributed by atoms with Gasteiger partial charge in [-0.2, -0.15) is 0 Å². The monoisotopic (exact) mass is 174 g/mol. The highest BCUT2D eigenvalue weighted by Gasteiger charge is 2.45. The van der Waals surface area contributed by atoms with E-state index in [1.165, 1.54) is 5.56 Å². The molecule has 13 heavy (non-hydrogen) atoms. The van der Waals surface area contributed by atoms with Crippen LogP contribution in [-0.2, 0) is 9.47 Å². The van der Waals surface area contributed by atoms with Crippen LogP contribution in [0.5, 0.6) is 0 Å². The van der Waals surface area contributed by atoms with E-state index in [1.807, 2.05) is 18.2 Å². The topological polar surface area (TPSA) is 18.5 Å². The van der Waals surface area contributed by atoms with Gasteiger partial charge in [0.05, 0.1) is 18.3 Å². The van der Waals surface area contributed by atoms with Crippen LogP contribution in [0.15, 0.2) is 42.7 Å². The van der Waals surface area contributed by atoms with E-state index in [4.69, 9.17) is 9.47 Å². The van der Waals surface area contributed by atoms with Gasteiger partial charge < -0.3 is 9.47 Å². The first-order chi connectivity index (χ1) is 6.45. The van der Waals surface area contributed by atoms with Crippen LogP contribution in [0.3, 0.4) is 0 Å². The van der Waals surface area contributed by atoms with Gasteiger partial charge in [-0.3, -0.25) is 0 Å². The SMILES string of the molecule is C1=CC2C(O1)OC2c1ccccc1. The smallest absolute Gasteiger partial charge is 0.208 e. The Bertz CT molecular complexity index is 331. The molecule has 2 heteroatoms. The average molecular weight is 174 g/mol. The van der Waals surface area contributed by atoms with Crippen molar-refractivity contribution >= 4 is 0 Å². The fourth-order valence-corrected chi connectivity index (χ4v) is 1.85. The zero-order valence-corrected chi connectivity index (χ0v) is 7.09. The van der Waals surface area contributed by atoms with Crippen molar-refractivity contribution in [1.82, 2.24) is 0 Å². The van der Waals surface area contributed by atoms with Crippen molar-refractivity contribution in [3.63, 3.8) is 0 Å². The molecule has 0 aliphatic carbocycles.